The van der Waals surface area contributed by atoms with Crippen LogP contribution >= 0.6 is 0 Å². The molecule has 1 aromatic rings. The fourth-order valence-electron chi connectivity index (χ4n) is 2.84. The molecule has 0 unspecified atom stereocenters. The van der Waals surface area contributed by atoms with E-state index in [-0.39, 0.29) is 12.0 Å². The molecule has 0 atom stereocenters. The van der Waals surface area contributed by atoms with Crippen molar-refractivity contribution in [3.05, 3.63) is 52.9 Å². The fraction of sp³-hybridized carbons (Fsp3) is 0.421. The molecule has 2 nitrogen and oxygen atoms in total. The molecular weight excluding hydrogens is 258 g/mol. The van der Waals surface area contributed by atoms with E-state index in [1.165, 1.54) is 30.4 Å². The molecule has 1 heterocycles. The van der Waals surface area contributed by atoms with Gasteiger partial charge in [0, 0.05) is 6.20 Å². The topological polar surface area (TPSA) is 33.1 Å². The maximum atomic E-state index is 8.97. The zero-order valence-electron chi connectivity index (χ0n) is 13.1. The first kappa shape index (κ1) is 15.5. The summed E-state index contributed by atoms with van der Waals surface area (Å²) in [7, 11) is 0. The molecule has 0 fully saturated rings. The highest BCUT2D eigenvalue weighted by Crippen LogP contribution is 2.40. The number of hydrogen-bond acceptors (Lipinski definition) is 2. The number of allylic oxidation sites excluding steroid dienone is 4. The number of aliphatic hydroxyl groups is 1. The van der Waals surface area contributed by atoms with Crippen LogP contribution in [0.2, 0.25) is 0 Å². The smallest absolute Gasteiger partial charge is 0.113 e. The summed E-state index contributed by atoms with van der Waals surface area (Å²) in [5, 5.41) is 8.97. The summed E-state index contributed by atoms with van der Waals surface area (Å²) < 4.78 is 0. The standard InChI is InChI=1S/C19H23NO/c1-15-7-6-12-19(2,3)18(15)9-5-4-8-17-11-10-16(14-21)13-20-17/h5,9-11,13,21H,6-7,12,14H2,1-3H3. The molecule has 0 spiro atoms. The lowest BCUT2D eigenvalue weighted by Crippen LogP contribution is -2.18. The van der Waals surface area contributed by atoms with Crippen molar-refractivity contribution in [1.82, 2.24) is 4.98 Å². The maximum absolute atomic E-state index is 8.97. The number of hydrogen-bond donors (Lipinski definition) is 1. The van der Waals surface area contributed by atoms with Gasteiger partial charge in [0.1, 0.15) is 5.69 Å². The van der Waals surface area contributed by atoms with Crippen molar-refractivity contribution >= 4 is 0 Å². The fourth-order valence-corrected chi connectivity index (χ4v) is 2.84. The van der Waals surface area contributed by atoms with Crippen LogP contribution < -0.4 is 0 Å². The summed E-state index contributed by atoms with van der Waals surface area (Å²) in [5.74, 6) is 6.08. The number of rotatable bonds is 2. The van der Waals surface area contributed by atoms with E-state index in [1.807, 2.05) is 18.2 Å². The van der Waals surface area contributed by atoms with E-state index < -0.39 is 0 Å². The molecule has 0 radical (unpaired) electrons. The third-order valence-corrected chi connectivity index (χ3v) is 4.08. The van der Waals surface area contributed by atoms with Crippen molar-refractivity contribution in [2.75, 3.05) is 0 Å². The van der Waals surface area contributed by atoms with E-state index in [2.05, 4.69) is 43.7 Å². The Hall–Kier alpha value is -1.85. The van der Waals surface area contributed by atoms with Crippen molar-refractivity contribution in [2.45, 2.75) is 46.6 Å². The van der Waals surface area contributed by atoms with Gasteiger partial charge in [0.2, 0.25) is 0 Å². The Kier molecular flexibility index (Phi) is 4.98. The molecular formula is C19H23NO. The molecule has 2 rings (SSSR count). The van der Waals surface area contributed by atoms with E-state index in [9.17, 15) is 0 Å². The minimum atomic E-state index is 0.0170. The highest BCUT2D eigenvalue weighted by molar-refractivity contribution is 5.38. The molecule has 1 N–H and O–H groups in total. The molecule has 1 aliphatic carbocycles. The van der Waals surface area contributed by atoms with Crippen molar-refractivity contribution < 1.29 is 5.11 Å². The molecule has 0 aromatic carbocycles. The Morgan fingerprint density at radius 3 is 2.81 bits per heavy atom. The van der Waals surface area contributed by atoms with Crippen molar-refractivity contribution in [3.8, 4) is 11.8 Å². The Balaban J connectivity index is 2.10. The predicted molar refractivity (Wildman–Crippen MR) is 86.5 cm³/mol. The summed E-state index contributed by atoms with van der Waals surface area (Å²) in [6, 6.07) is 3.68. The number of aliphatic hydroxyl groups excluding tert-OH is 1. The summed E-state index contributed by atoms with van der Waals surface area (Å²) >= 11 is 0. The second-order valence-corrected chi connectivity index (χ2v) is 6.24. The van der Waals surface area contributed by atoms with Crippen molar-refractivity contribution in [2.24, 2.45) is 5.41 Å². The average Bonchev–Trinajstić information content (AvgIpc) is 2.46. The first-order valence-electron chi connectivity index (χ1n) is 7.47. The van der Waals surface area contributed by atoms with Crippen LogP contribution in [-0.4, -0.2) is 10.1 Å². The molecule has 110 valence electrons. The molecule has 0 saturated carbocycles. The third-order valence-electron chi connectivity index (χ3n) is 4.08. The van der Waals surface area contributed by atoms with Crippen LogP contribution in [0.4, 0.5) is 0 Å². The molecule has 0 bridgehead atoms. The lowest BCUT2D eigenvalue weighted by Gasteiger charge is -2.32. The lowest BCUT2D eigenvalue weighted by atomic mass is 9.73. The molecule has 1 aliphatic rings. The Bertz CT molecular complexity index is 609. The van der Waals surface area contributed by atoms with Crippen LogP contribution in [0.3, 0.4) is 0 Å². The monoisotopic (exact) mass is 281 g/mol. The van der Waals surface area contributed by atoms with Gasteiger partial charge in [0.05, 0.1) is 6.61 Å². The van der Waals surface area contributed by atoms with Gasteiger partial charge in [-0.2, -0.15) is 0 Å². The van der Waals surface area contributed by atoms with Gasteiger partial charge in [-0.05, 0) is 60.8 Å². The maximum Gasteiger partial charge on any atom is 0.113 e. The van der Waals surface area contributed by atoms with E-state index >= 15 is 0 Å². The SMILES string of the molecule is CC1=C(C=CC#Cc2ccc(CO)cn2)C(C)(C)CCC1. The largest absolute Gasteiger partial charge is 0.392 e. The number of nitrogens with zero attached hydrogens (tertiary/aromatic N) is 1. The van der Waals surface area contributed by atoms with E-state index in [0.29, 0.717) is 0 Å². The van der Waals surface area contributed by atoms with Gasteiger partial charge >= 0.3 is 0 Å². The highest BCUT2D eigenvalue weighted by atomic mass is 16.3. The normalized spacial score (nSPS) is 17.7. The van der Waals surface area contributed by atoms with Crippen molar-refractivity contribution in [3.63, 3.8) is 0 Å². The van der Waals surface area contributed by atoms with Crippen LogP contribution in [-0.2, 0) is 6.61 Å². The summed E-state index contributed by atoms with van der Waals surface area (Å²) in [6.07, 6.45) is 9.45. The lowest BCUT2D eigenvalue weighted by molar-refractivity contribution is 0.281. The van der Waals surface area contributed by atoms with Gasteiger partial charge in [-0.15, -0.1) is 0 Å². The first-order valence-corrected chi connectivity index (χ1v) is 7.47. The summed E-state index contributed by atoms with van der Waals surface area (Å²) in [6.45, 7) is 6.85. The van der Waals surface area contributed by atoms with E-state index in [1.54, 1.807) is 6.20 Å². The minimum Gasteiger partial charge on any atom is -0.392 e. The van der Waals surface area contributed by atoms with Gasteiger partial charge in [-0.25, -0.2) is 4.98 Å². The zero-order valence-corrected chi connectivity index (χ0v) is 13.1. The Morgan fingerprint density at radius 2 is 2.19 bits per heavy atom. The molecule has 0 amide bonds. The zero-order chi connectivity index (χ0) is 15.3. The van der Waals surface area contributed by atoms with E-state index in [0.717, 1.165) is 11.3 Å². The second-order valence-electron chi connectivity index (χ2n) is 6.24. The van der Waals surface area contributed by atoms with Crippen LogP contribution in [0.1, 0.15) is 51.3 Å². The third kappa shape index (κ3) is 4.06. The number of pyridine rings is 1. The van der Waals surface area contributed by atoms with Crippen LogP contribution in [0.25, 0.3) is 0 Å². The quantitative estimate of drug-likeness (QED) is 0.831. The molecule has 0 saturated heterocycles. The number of aromatic nitrogens is 1. The highest BCUT2D eigenvalue weighted by Gasteiger charge is 2.26. The van der Waals surface area contributed by atoms with Crippen LogP contribution in [0.15, 0.2) is 41.6 Å². The van der Waals surface area contributed by atoms with Gasteiger partial charge in [0.25, 0.3) is 0 Å². The molecule has 21 heavy (non-hydrogen) atoms. The summed E-state index contributed by atoms with van der Waals surface area (Å²) in [4.78, 5) is 4.20. The van der Waals surface area contributed by atoms with Gasteiger partial charge < -0.3 is 5.11 Å². The van der Waals surface area contributed by atoms with Gasteiger partial charge in [0.15, 0.2) is 0 Å². The first-order chi connectivity index (χ1) is 10.0. The van der Waals surface area contributed by atoms with Crippen molar-refractivity contribution in [1.29, 1.82) is 0 Å². The molecule has 2 heteroatoms. The van der Waals surface area contributed by atoms with E-state index in [4.69, 9.17) is 5.11 Å². The predicted octanol–water partition coefficient (Wildman–Crippen LogP) is 4.01. The molecule has 0 aliphatic heterocycles. The minimum absolute atomic E-state index is 0.0170. The van der Waals surface area contributed by atoms with Gasteiger partial charge in [-0.3, -0.25) is 0 Å². The summed E-state index contributed by atoms with van der Waals surface area (Å²) in [5.41, 5.74) is 4.69. The average molecular weight is 281 g/mol. The second kappa shape index (κ2) is 6.74. The Morgan fingerprint density at radius 1 is 1.38 bits per heavy atom. The Labute approximate surface area is 127 Å². The molecule has 1 aromatic heterocycles. The van der Waals surface area contributed by atoms with Crippen LogP contribution in [0, 0.1) is 17.3 Å². The van der Waals surface area contributed by atoms with Gasteiger partial charge in [-0.1, -0.05) is 37.5 Å². The van der Waals surface area contributed by atoms with Crippen LogP contribution in [0.5, 0.6) is 0 Å².